The summed E-state index contributed by atoms with van der Waals surface area (Å²) >= 11 is 0. The SMILES string of the molecule is CC(C)[C@H](NC(=O)OCc1ccccc1)C(=O)N[C@@H](C)C(=O)N[C@@H](CC(=O)O)C(=O)C(F)C=O. The third-order valence-corrected chi connectivity index (χ3v) is 4.62. The first-order valence-corrected chi connectivity index (χ1v) is 10.4. The number of halogens is 1. The number of rotatable bonds is 13. The quantitative estimate of drug-likeness (QED) is 0.233. The van der Waals surface area contributed by atoms with Crippen molar-refractivity contribution in [2.24, 2.45) is 5.92 Å². The summed E-state index contributed by atoms with van der Waals surface area (Å²) in [5.41, 5.74) is 0.740. The number of aldehydes is 1. The first-order valence-electron chi connectivity index (χ1n) is 10.4. The van der Waals surface area contributed by atoms with Gasteiger partial charge in [0.15, 0.2) is 12.1 Å². The number of hydrogen-bond donors (Lipinski definition) is 4. The van der Waals surface area contributed by atoms with E-state index in [0.29, 0.717) is 0 Å². The van der Waals surface area contributed by atoms with E-state index in [0.717, 1.165) is 5.56 Å². The first kappa shape index (κ1) is 28.2. The van der Waals surface area contributed by atoms with E-state index in [4.69, 9.17) is 9.84 Å². The van der Waals surface area contributed by atoms with Crippen molar-refractivity contribution in [2.75, 3.05) is 0 Å². The standard InChI is InChI=1S/C22H28FN3O8/c1-12(2)18(26-22(33)34-11-14-7-5-4-6-8-14)21(32)24-13(3)20(31)25-16(9-17(28)29)19(30)15(23)10-27/h4-8,10,12-13,15-16,18H,9,11H2,1-3H3,(H,24,32)(H,25,31)(H,26,33)(H,28,29)/t13-,15?,16-,18-/m0/s1. The van der Waals surface area contributed by atoms with Crippen LogP contribution in [0.5, 0.6) is 0 Å². The molecule has 4 atom stereocenters. The highest BCUT2D eigenvalue weighted by Gasteiger charge is 2.32. The predicted octanol–water partition coefficient (Wildman–Crippen LogP) is 0.508. The molecule has 0 aliphatic carbocycles. The minimum absolute atomic E-state index is 0.0206. The van der Waals surface area contributed by atoms with E-state index in [2.05, 4.69) is 10.6 Å². The molecular weight excluding hydrogens is 453 g/mol. The Labute approximate surface area is 195 Å². The number of benzene rings is 1. The summed E-state index contributed by atoms with van der Waals surface area (Å²) in [4.78, 5) is 70.4. The van der Waals surface area contributed by atoms with Crippen molar-refractivity contribution in [1.29, 1.82) is 0 Å². The number of carboxylic acids is 1. The molecule has 0 saturated heterocycles. The maximum atomic E-state index is 13.4. The first-order chi connectivity index (χ1) is 16.0. The lowest BCUT2D eigenvalue weighted by atomic mass is 10.0. The van der Waals surface area contributed by atoms with Gasteiger partial charge in [-0.2, -0.15) is 0 Å². The average Bonchev–Trinajstić information content (AvgIpc) is 2.79. The van der Waals surface area contributed by atoms with E-state index < -0.39 is 66.3 Å². The third-order valence-electron chi connectivity index (χ3n) is 4.62. The van der Waals surface area contributed by atoms with Crippen molar-refractivity contribution >= 4 is 35.9 Å². The van der Waals surface area contributed by atoms with E-state index in [9.17, 15) is 33.2 Å². The Hall–Kier alpha value is -3.83. The largest absolute Gasteiger partial charge is 0.481 e. The topological polar surface area (TPSA) is 168 Å². The second kappa shape index (κ2) is 13.7. The van der Waals surface area contributed by atoms with Gasteiger partial charge in [0.2, 0.25) is 18.0 Å². The molecule has 11 nitrogen and oxygen atoms in total. The number of Topliss-reactive ketones (excluding diaryl/α,β-unsaturated/α-hetero) is 1. The fraction of sp³-hybridized carbons (Fsp3) is 0.455. The summed E-state index contributed by atoms with van der Waals surface area (Å²) in [6.07, 6.45) is -4.73. The van der Waals surface area contributed by atoms with Crippen molar-refractivity contribution in [3.05, 3.63) is 35.9 Å². The second-order valence-electron chi connectivity index (χ2n) is 7.76. The molecule has 34 heavy (non-hydrogen) atoms. The lowest BCUT2D eigenvalue weighted by Gasteiger charge is -2.24. The van der Waals surface area contributed by atoms with Gasteiger partial charge in [0.1, 0.15) is 24.7 Å². The van der Waals surface area contributed by atoms with Crippen LogP contribution in [0.4, 0.5) is 9.18 Å². The predicted molar refractivity (Wildman–Crippen MR) is 116 cm³/mol. The number of alkyl carbamates (subject to hydrolysis) is 1. The number of aliphatic carboxylic acids is 1. The van der Waals surface area contributed by atoms with Crippen LogP contribution in [0.3, 0.4) is 0 Å². The molecule has 4 N–H and O–H groups in total. The maximum Gasteiger partial charge on any atom is 0.408 e. The van der Waals surface area contributed by atoms with Crippen LogP contribution in [0.2, 0.25) is 0 Å². The molecule has 0 heterocycles. The number of carbonyl (C=O) groups is 6. The zero-order chi connectivity index (χ0) is 25.8. The number of nitrogens with one attached hydrogen (secondary N) is 3. The number of amides is 3. The van der Waals surface area contributed by atoms with Gasteiger partial charge in [-0.25, -0.2) is 9.18 Å². The fourth-order valence-corrected chi connectivity index (χ4v) is 2.75. The van der Waals surface area contributed by atoms with E-state index in [1.54, 1.807) is 44.2 Å². The lowest BCUT2D eigenvalue weighted by molar-refractivity contribution is -0.142. The van der Waals surface area contributed by atoms with Crippen LogP contribution in [0, 0.1) is 5.92 Å². The number of alkyl halides is 1. The number of carbonyl (C=O) groups excluding carboxylic acids is 5. The van der Waals surface area contributed by atoms with Gasteiger partial charge in [0.25, 0.3) is 0 Å². The minimum atomic E-state index is -2.61. The minimum Gasteiger partial charge on any atom is -0.481 e. The van der Waals surface area contributed by atoms with Gasteiger partial charge < -0.3 is 25.8 Å². The van der Waals surface area contributed by atoms with Crippen LogP contribution in [-0.4, -0.2) is 65.4 Å². The van der Waals surface area contributed by atoms with E-state index in [1.165, 1.54) is 6.92 Å². The Bertz CT molecular complexity index is 893. The molecule has 1 aromatic rings. The summed E-state index contributed by atoms with van der Waals surface area (Å²) in [6.45, 7) is 4.52. The molecule has 1 rings (SSSR count). The van der Waals surface area contributed by atoms with Crippen LogP contribution in [0.1, 0.15) is 32.8 Å². The molecule has 0 radical (unpaired) electrons. The molecule has 1 unspecified atom stereocenters. The summed E-state index contributed by atoms with van der Waals surface area (Å²) in [6, 6.07) is 4.68. The normalized spacial score (nSPS) is 14.1. The Morgan fingerprint density at radius 2 is 1.62 bits per heavy atom. The molecular formula is C22H28FN3O8. The fourth-order valence-electron chi connectivity index (χ4n) is 2.75. The van der Waals surface area contributed by atoms with Crippen LogP contribution in [-0.2, 0) is 35.3 Å². The number of hydrogen-bond acceptors (Lipinski definition) is 7. The summed E-state index contributed by atoms with van der Waals surface area (Å²) < 4.78 is 18.5. The Morgan fingerprint density at radius 1 is 1.00 bits per heavy atom. The molecule has 0 aromatic heterocycles. The highest BCUT2D eigenvalue weighted by Crippen LogP contribution is 2.06. The molecule has 0 aliphatic rings. The second-order valence-corrected chi connectivity index (χ2v) is 7.76. The highest BCUT2D eigenvalue weighted by atomic mass is 19.1. The van der Waals surface area contributed by atoms with Crippen LogP contribution in [0.15, 0.2) is 30.3 Å². The van der Waals surface area contributed by atoms with Gasteiger partial charge in [-0.1, -0.05) is 44.2 Å². The smallest absolute Gasteiger partial charge is 0.408 e. The van der Waals surface area contributed by atoms with Gasteiger partial charge in [-0.3, -0.25) is 24.0 Å². The molecule has 0 bridgehead atoms. The highest BCUT2D eigenvalue weighted by molar-refractivity contribution is 6.03. The van der Waals surface area contributed by atoms with E-state index in [1.807, 2.05) is 5.32 Å². The summed E-state index contributed by atoms with van der Waals surface area (Å²) in [7, 11) is 0. The van der Waals surface area contributed by atoms with Gasteiger partial charge in [-0.05, 0) is 18.4 Å². The van der Waals surface area contributed by atoms with E-state index >= 15 is 0 Å². The average molecular weight is 481 g/mol. The molecule has 1 aromatic carbocycles. The van der Waals surface area contributed by atoms with Gasteiger partial charge >= 0.3 is 12.1 Å². The number of carboxylic acid groups (broad SMARTS) is 1. The third kappa shape index (κ3) is 9.35. The Balaban J connectivity index is 2.73. The molecule has 12 heteroatoms. The Morgan fingerprint density at radius 3 is 2.15 bits per heavy atom. The van der Waals surface area contributed by atoms with Crippen molar-refractivity contribution in [2.45, 2.75) is 58.1 Å². The molecule has 186 valence electrons. The molecule has 0 aliphatic heterocycles. The van der Waals surface area contributed by atoms with Crippen LogP contribution < -0.4 is 16.0 Å². The van der Waals surface area contributed by atoms with Crippen LogP contribution >= 0.6 is 0 Å². The summed E-state index contributed by atoms with van der Waals surface area (Å²) in [5.74, 6) is -5.06. The lowest BCUT2D eigenvalue weighted by Crippen LogP contribution is -2.56. The Kier molecular flexibility index (Phi) is 11.3. The van der Waals surface area contributed by atoms with Crippen LogP contribution in [0.25, 0.3) is 0 Å². The van der Waals surface area contributed by atoms with Crippen molar-refractivity contribution in [3.8, 4) is 0 Å². The number of ketones is 1. The maximum absolute atomic E-state index is 13.4. The van der Waals surface area contributed by atoms with Crippen molar-refractivity contribution in [3.63, 3.8) is 0 Å². The van der Waals surface area contributed by atoms with E-state index in [-0.39, 0.29) is 12.9 Å². The molecule has 0 fully saturated rings. The van der Waals surface area contributed by atoms with Gasteiger partial charge in [0, 0.05) is 0 Å². The number of ether oxygens (including phenoxy) is 1. The molecule has 0 spiro atoms. The van der Waals surface area contributed by atoms with Gasteiger partial charge in [-0.15, -0.1) is 0 Å². The van der Waals surface area contributed by atoms with Crippen molar-refractivity contribution < 1.29 is 43.0 Å². The molecule has 3 amide bonds. The van der Waals surface area contributed by atoms with Gasteiger partial charge in [0.05, 0.1) is 6.42 Å². The zero-order valence-corrected chi connectivity index (χ0v) is 18.9. The molecule has 0 saturated carbocycles. The van der Waals surface area contributed by atoms with Crippen molar-refractivity contribution in [1.82, 2.24) is 16.0 Å². The summed E-state index contributed by atoms with van der Waals surface area (Å²) in [5, 5.41) is 15.7. The monoisotopic (exact) mass is 481 g/mol. The zero-order valence-electron chi connectivity index (χ0n) is 18.9.